The zero-order chi connectivity index (χ0) is 9.19. The Balaban J connectivity index is 2.98. The molecule has 1 aromatic rings. The van der Waals surface area contributed by atoms with Crippen LogP contribution in [-0.2, 0) is 0 Å². The minimum atomic E-state index is -2.68. The van der Waals surface area contributed by atoms with Crippen LogP contribution in [0.4, 0.5) is 0 Å². The number of hydrogen-bond donors (Lipinski definition) is 0. The summed E-state index contributed by atoms with van der Waals surface area (Å²) in [5.41, 5.74) is 0. The summed E-state index contributed by atoms with van der Waals surface area (Å²) in [7, 11) is 0. The zero-order valence-electron chi connectivity index (χ0n) is 5.98. The molecule has 0 atom stereocenters. The van der Waals surface area contributed by atoms with Gasteiger partial charge in [-0.15, -0.1) is 0 Å². The van der Waals surface area contributed by atoms with Gasteiger partial charge in [-0.05, 0) is 0 Å². The van der Waals surface area contributed by atoms with Crippen LogP contribution in [0.1, 0.15) is 0 Å². The van der Waals surface area contributed by atoms with Gasteiger partial charge in [-0.1, -0.05) is 0 Å². The molecule has 0 nitrogen and oxygen atoms in total. The van der Waals surface area contributed by atoms with Gasteiger partial charge in [0.1, 0.15) is 0 Å². The summed E-state index contributed by atoms with van der Waals surface area (Å²) in [4.78, 5) is 0. The molecule has 0 bridgehead atoms. The summed E-state index contributed by atoms with van der Waals surface area (Å²) in [5, 5.41) is 0.836. The van der Waals surface area contributed by atoms with Crippen molar-refractivity contribution in [3.63, 3.8) is 0 Å². The van der Waals surface area contributed by atoms with Crippen LogP contribution in [-0.4, -0.2) is 4.58 Å². The van der Waals surface area contributed by atoms with Gasteiger partial charge in [0.15, 0.2) is 0 Å². The van der Waals surface area contributed by atoms with Gasteiger partial charge >= 0.3 is 91.9 Å². The second-order valence-corrected chi connectivity index (χ2v) is 10.7. The third kappa shape index (κ3) is 2.40. The molecule has 68 valence electrons. The minimum absolute atomic E-state index is 0.705. The number of alkyl halides is 2. The molecule has 0 radical (unpaired) electrons. The first-order valence-corrected chi connectivity index (χ1v) is 8.24. The molecular weight excluding hydrogens is 257 g/mol. The second kappa shape index (κ2) is 4.35. The van der Waals surface area contributed by atoms with Gasteiger partial charge < -0.3 is 0 Å². The molecular formula is C7H7Cl4P. The van der Waals surface area contributed by atoms with Crippen LogP contribution in [0.5, 0.6) is 0 Å². The van der Waals surface area contributed by atoms with Crippen molar-refractivity contribution in [3.8, 4) is 0 Å². The maximum absolute atomic E-state index is 6.04. The standard InChI is InChI=1S/C7H7Cl4P/c8-7(9)12(10,11)6-4-2-1-3-5-6/h1-5,7,12H. The Morgan fingerprint density at radius 1 is 1.00 bits per heavy atom. The summed E-state index contributed by atoms with van der Waals surface area (Å²) >= 11 is 23.4. The Bertz CT molecular complexity index is 247. The Hall–Kier alpha value is 0.810. The van der Waals surface area contributed by atoms with Crippen LogP contribution in [0.15, 0.2) is 30.3 Å². The first-order chi connectivity index (χ1) is 5.55. The fraction of sp³-hybridized carbons (Fsp3) is 0.143. The van der Waals surface area contributed by atoms with E-state index in [1.807, 2.05) is 30.3 Å². The van der Waals surface area contributed by atoms with Crippen molar-refractivity contribution in [2.45, 2.75) is 4.58 Å². The Labute approximate surface area is 91.7 Å². The normalized spacial score (nSPS) is 13.4. The van der Waals surface area contributed by atoms with Crippen molar-refractivity contribution in [2.75, 3.05) is 0 Å². The monoisotopic (exact) mass is 262 g/mol. The summed E-state index contributed by atoms with van der Waals surface area (Å²) < 4.78 is -0.705. The molecule has 5 heteroatoms. The van der Waals surface area contributed by atoms with E-state index >= 15 is 0 Å². The Morgan fingerprint density at radius 3 is 1.92 bits per heavy atom. The van der Waals surface area contributed by atoms with Crippen LogP contribution >= 0.6 is 51.7 Å². The van der Waals surface area contributed by atoms with Gasteiger partial charge in [0.2, 0.25) is 0 Å². The molecule has 1 aromatic carbocycles. The fourth-order valence-corrected chi connectivity index (χ4v) is 3.19. The molecule has 0 fully saturated rings. The first kappa shape index (κ1) is 10.9. The third-order valence-electron chi connectivity index (χ3n) is 1.43. The fourth-order valence-electron chi connectivity index (χ4n) is 0.786. The Morgan fingerprint density at radius 2 is 1.50 bits per heavy atom. The van der Waals surface area contributed by atoms with Gasteiger partial charge in [-0.3, -0.25) is 0 Å². The van der Waals surface area contributed by atoms with E-state index in [0.29, 0.717) is 0 Å². The van der Waals surface area contributed by atoms with Crippen molar-refractivity contribution in [1.82, 2.24) is 0 Å². The van der Waals surface area contributed by atoms with Crippen molar-refractivity contribution in [1.29, 1.82) is 0 Å². The van der Waals surface area contributed by atoms with Crippen molar-refractivity contribution in [3.05, 3.63) is 30.3 Å². The van der Waals surface area contributed by atoms with Crippen molar-refractivity contribution < 1.29 is 0 Å². The molecule has 12 heavy (non-hydrogen) atoms. The zero-order valence-corrected chi connectivity index (χ0v) is 10.00. The van der Waals surface area contributed by atoms with E-state index in [2.05, 4.69) is 0 Å². The second-order valence-electron chi connectivity index (χ2n) is 2.29. The van der Waals surface area contributed by atoms with E-state index in [1.165, 1.54) is 0 Å². The van der Waals surface area contributed by atoms with Gasteiger partial charge in [-0.2, -0.15) is 0 Å². The predicted octanol–water partition coefficient (Wildman–Crippen LogP) is 4.13. The van der Waals surface area contributed by atoms with Crippen LogP contribution in [0.25, 0.3) is 0 Å². The molecule has 0 aliphatic rings. The molecule has 0 saturated heterocycles. The molecule has 0 aromatic heterocycles. The average molecular weight is 264 g/mol. The number of rotatable bonds is 2. The van der Waals surface area contributed by atoms with Crippen LogP contribution < -0.4 is 5.30 Å². The van der Waals surface area contributed by atoms with Gasteiger partial charge in [0, 0.05) is 0 Å². The molecule has 1 rings (SSSR count). The first-order valence-electron chi connectivity index (χ1n) is 3.26. The number of hydrogen-bond acceptors (Lipinski definition) is 0. The molecule has 0 amide bonds. The Kier molecular flexibility index (Phi) is 3.95. The van der Waals surface area contributed by atoms with Crippen LogP contribution in [0, 0.1) is 0 Å². The molecule has 0 aliphatic heterocycles. The van der Waals surface area contributed by atoms with E-state index in [9.17, 15) is 0 Å². The number of benzene rings is 1. The van der Waals surface area contributed by atoms with Gasteiger partial charge in [-0.25, -0.2) is 0 Å². The maximum atomic E-state index is 6.04. The average Bonchev–Trinajstić information content (AvgIpc) is 2.06. The third-order valence-corrected chi connectivity index (χ3v) is 9.01. The summed E-state index contributed by atoms with van der Waals surface area (Å²) in [6.07, 6.45) is 0. The van der Waals surface area contributed by atoms with E-state index in [-0.39, 0.29) is 0 Å². The van der Waals surface area contributed by atoms with Crippen LogP contribution in [0.2, 0.25) is 0 Å². The van der Waals surface area contributed by atoms with E-state index in [0.717, 1.165) is 5.30 Å². The molecule has 0 heterocycles. The van der Waals surface area contributed by atoms with Crippen LogP contribution in [0.3, 0.4) is 0 Å². The number of halogens is 4. The molecule has 0 unspecified atom stereocenters. The van der Waals surface area contributed by atoms with Gasteiger partial charge in [0.25, 0.3) is 0 Å². The molecule has 0 spiro atoms. The topological polar surface area (TPSA) is 0 Å². The van der Waals surface area contributed by atoms with Gasteiger partial charge in [0.05, 0.1) is 0 Å². The summed E-state index contributed by atoms with van der Waals surface area (Å²) in [6.45, 7) is 0. The molecule has 0 N–H and O–H groups in total. The predicted molar refractivity (Wildman–Crippen MR) is 61.6 cm³/mol. The summed E-state index contributed by atoms with van der Waals surface area (Å²) in [6, 6.07) is 9.28. The van der Waals surface area contributed by atoms with Crippen molar-refractivity contribution >= 4 is 57.0 Å². The van der Waals surface area contributed by atoms with E-state index < -0.39 is 10.5 Å². The SMILES string of the molecule is ClC(Cl)[PH](Cl)(Cl)c1ccccc1. The van der Waals surface area contributed by atoms with E-state index in [4.69, 9.17) is 45.7 Å². The van der Waals surface area contributed by atoms with E-state index in [1.54, 1.807) is 0 Å². The summed E-state index contributed by atoms with van der Waals surface area (Å²) in [5.74, 6) is -2.68. The molecule has 0 saturated carbocycles. The quantitative estimate of drug-likeness (QED) is 0.556. The molecule has 0 aliphatic carbocycles. The van der Waals surface area contributed by atoms with Crippen molar-refractivity contribution in [2.24, 2.45) is 0 Å².